The number of carbonyl (C=O) groups excluding carboxylic acids is 1. The molecule has 0 aliphatic carbocycles. The quantitative estimate of drug-likeness (QED) is 0.590. The molecule has 3 unspecified atom stereocenters. The molecular weight excluding hydrogens is 352 g/mol. The molecule has 1 aliphatic heterocycles. The number of nitrogens with one attached hydrogen (secondary N) is 4. The zero-order chi connectivity index (χ0) is 19.9. The maximum absolute atomic E-state index is 11.9. The van der Waals surface area contributed by atoms with Gasteiger partial charge in [-0.3, -0.25) is 16.0 Å². The minimum Gasteiger partial charge on any atom is -0.450 e. The third-order valence-electron chi connectivity index (χ3n) is 5.06. The average Bonchev–Trinajstić information content (AvgIpc) is 2.68. The molecule has 0 radical (unpaired) electrons. The van der Waals surface area contributed by atoms with Crippen molar-refractivity contribution in [2.75, 3.05) is 6.61 Å². The number of piperidine rings is 1. The van der Waals surface area contributed by atoms with Crippen molar-refractivity contribution < 1.29 is 9.53 Å². The molecule has 2 aromatic rings. The van der Waals surface area contributed by atoms with Crippen molar-refractivity contribution in [2.24, 2.45) is 0 Å². The molecule has 28 heavy (non-hydrogen) atoms. The average molecular weight is 385 g/mol. The van der Waals surface area contributed by atoms with Crippen molar-refractivity contribution in [1.82, 2.24) is 21.3 Å². The largest absolute Gasteiger partial charge is 0.450 e. The minimum atomic E-state index is -0.355. The van der Waals surface area contributed by atoms with E-state index in [-0.39, 0.29) is 24.5 Å². The lowest BCUT2D eigenvalue weighted by Crippen LogP contribution is -2.66. The van der Waals surface area contributed by atoms with Gasteiger partial charge in [0.1, 0.15) is 0 Å². The van der Waals surface area contributed by atoms with Crippen molar-refractivity contribution in [3.8, 4) is 0 Å². The molecule has 0 spiro atoms. The molecule has 1 heterocycles. The second-order valence-electron chi connectivity index (χ2n) is 7.59. The van der Waals surface area contributed by atoms with Gasteiger partial charge in [-0.25, -0.2) is 4.79 Å². The van der Waals surface area contributed by atoms with Crippen LogP contribution in [0.15, 0.2) is 42.5 Å². The van der Waals surface area contributed by atoms with E-state index in [4.69, 9.17) is 4.74 Å². The molecule has 1 fully saturated rings. The van der Waals surface area contributed by atoms with Crippen LogP contribution < -0.4 is 21.3 Å². The van der Waals surface area contributed by atoms with Crippen molar-refractivity contribution in [1.29, 1.82) is 0 Å². The zero-order valence-electron chi connectivity index (χ0n) is 17.0. The molecule has 0 saturated carbocycles. The van der Waals surface area contributed by atoms with E-state index in [0.29, 0.717) is 12.6 Å². The normalized spacial score (nSPS) is 22.4. The lowest BCUT2D eigenvalue weighted by atomic mass is 10.00. The van der Waals surface area contributed by atoms with E-state index in [9.17, 15) is 4.79 Å². The second kappa shape index (κ2) is 9.87. The molecule has 6 heteroatoms. The van der Waals surface area contributed by atoms with Gasteiger partial charge in [-0.2, -0.15) is 0 Å². The van der Waals surface area contributed by atoms with E-state index in [1.165, 1.54) is 16.3 Å². The summed E-state index contributed by atoms with van der Waals surface area (Å²) in [5.41, 5.74) is 1.29. The number of carbonyl (C=O) groups is 1. The number of benzene rings is 2. The van der Waals surface area contributed by atoms with Gasteiger partial charge in [0.15, 0.2) is 0 Å². The molecule has 0 aromatic heterocycles. The van der Waals surface area contributed by atoms with E-state index < -0.39 is 0 Å². The van der Waals surface area contributed by atoms with Crippen LogP contribution in [0.2, 0.25) is 0 Å². The highest BCUT2D eigenvalue weighted by Gasteiger charge is 2.31. The number of hydrogen-bond acceptors (Lipinski definition) is 5. The number of amides is 1. The van der Waals surface area contributed by atoms with Crippen molar-refractivity contribution in [3.05, 3.63) is 48.0 Å². The Hall–Kier alpha value is -2.15. The van der Waals surface area contributed by atoms with Gasteiger partial charge in [0.25, 0.3) is 0 Å². The van der Waals surface area contributed by atoms with E-state index in [0.717, 1.165) is 19.4 Å². The van der Waals surface area contributed by atoms with Crippen molar-refractivity contribution >= 4 is 16.9 Å². The van der Waals surface area contributed by atoms with Crippen LogP contribution in [0.4, 0.5) is 4.79 Å². The summed E-state index contributed by atoms with van der Waals surface area (Å²) < 4.78 is 5.05. The van der Waals surface area contributed by atoms with Crippen LogP contribution in [0.1, 0.15) is 39.2 Å². The number of alkyl carbamates (subject to hydrolysis) is 1. The van der Waals surface area contributed by atoms with Gasteiger partial charge in [0.05, 0.1) is 25.0 Å². The Bertz CT molecular complexity index is 775. The van der Waals surface area contributed by atoms with Crippen LogP contribution in [0.3, 0.4) is 0 Å². The highest BCUT2D eigenvalue weighted by atomic mass is 16.5. The molecule has 0 bridgehead atoms. The maximum Gasteiger partial charge on any atom is 0.407 e. The first kappa shape index (κ1) is 20.6. The summed E-state index contributed by atoms with van der Waals surface area (Å²) in [6.07, 6.45) is 1.62. The first-order valence-electron chi connectivity index (χ1n) is 10.2. The van der Waals surface area contributed by atoms with Crippen LogP contribution in [-0.2, 0) is 11.3 Å². The molecule has 3 rings (SSSR count). The predicted molar refractivity (Wildman–Crippen MR) is 113 cm³/mol. The summed E-state index contributed by atoms with van der Waals surface area (Å²) in [6, 6.07) is 15.2. The van der Waals surface area contributed by atoms with Gasteiger partial charge in [-0.15, -0.1) is 0 Å². The highest BCUT2D eigenvalue weighted by Crippen LogP contribution is 2.19. The van der Waals surface area contributed by atoms with E-state index in [1.807, 2.05) is 6.92 Å². The lowest BCUT2D eigenvalue weighted by molar-refractivity contribution is 0.130. The number of rotatable bonds is 7. The Balaban J connectivity index is 1.61. The first-order chi connectivity index (χ1) is 13.6. The van der Waals surface area contributed by atoms with Crippen LogP contribution in [0, 0.1) is 0 Å². The van der Waals surface area contributed by atoms with Gasteiger partial charge >= 0.3 is 6.09 Å². The Morgan fingerprint density at radius 1 is 1.18 bits per heavy atom. The Morgan fingerprint density at radius 3 is 2.75 bits per heavy atom. The van der Waals surface area contributed by atoms with Gasteiger partial charge in [-0.1, -0.05) is 42.5 Å². The summed E-state index contributed by atoms with van der Waals surface area (Å²) in [7, 11) is 0. The Morgan fingerprint density at radius 2 is 1.96 bits per heavy atom. The summed E-state index contributed by atoms with van der Waals surface area (Å²) in [5.74, 6) is 0. The fourth-order valence-electron chi connectivity index (χ4n) is 3.77. The molecule has 6 nitrogen and oxygen atoms in total. The number of hydrogen-bond donors (Lipinski definition) is 4. The van der Waals surface area contributed by atoms with E-state index >= 15 is 0 Å². The fourth-order valence-corrected chi connectivity index (χ4v) is 3.77. The SMILES string of the molecule is CCOC(=O)NC1CCC(NCc2cccc3ccccc23)NC1NC(C)C. The smallest absolute Gasteiger partial charge is 0.407 e. The van der Waals surface area contributed by atoms with E-state index in [2.05, 4.69) is 77.6 Å². The monoisotopic (exact) mass is 384 g/mol. The van der Waals surface area contributed by atoms with Crippen molar-refractivity contribution in [2.45, 2.75) is 64.6 Å². The minimum absolute atomic E-state index is 0.00273. The third-order valence-corrected chi connectivity index (χ3v) is 5.06. The zero-order valence-corrected chi connectivity index (χ0v) is 17.0. The molecule has 3 atom stereocenters. The van der Waals surface area contributed by atoms with Gasteiger partial charge in [0, 0.05) is 12.6 Å². The topological polar surface area (TPSA) is 74.4 Å². The third kappa shape index (κ3) is 5.44. The predicted octanol–water partition coefficient (Wildman–Crippen LogP) is 3.08. The lowest BCUT2D eigenvalue weighted by Gasteiger charge is -2.39. The van der Waals surface area contributed by atoms with Crippen LogP contribution in [0.25, 0.3) is 10.8 Å². The summed E-state index contributed by atoms with van der Waals surface area (Å²) in [4.78, 5) is 11.9. The molecule has 1 saturated heterocycles. The molecule has 4 N–H and O–H groups in total. The summed E-state index contributed by atoms with van der Waals surface area (Å²) >= 11 is 0. The standard InChI is InChI=1S/C22H32N4O2/c1-4-28-22(27)25-19-12-13-20(26-21(19)24-15(2)3)23-14-17-10-7-9-16-8-5-6-11-18(16)17/h5-11,15,19-21,23-24,26H,4,12-14H2,1-3H3,(H,25,27). The van der Waals surface area contributed by atoms with Crippen LogP contribution >= 0.6 is 0 Å². The Kier molecular flexibility index (Phi) is 7.25. The summed E-state index contributed by atoms with van der Waals surface area (Å²) in [5, 5.41) is 16.3. The summed E-state index contributed by atoms with van der Waals surface area (Å²) in [6.45, 7) is 7.20. The van der Waals surface area contributed by atoms with Crippen LogP contribution in [0.5, 0.6) is 0 Å². The molecule has 152 valence electrons. The first-order valence-corrected chi connectivity index (χ1v) is 10.2. The van der Waals surface area contributed by atoms with Crippen molar-refractivity contribution in [3.63, 3.8) is 0 Å². The van der Waals surface area contributed by atoms with Gasteiger partial charge < -0.3 is 10.1 Å². The number of fused-ring (bicyclic) bond motifs is 1. The number of ether oxygens (including phenoxy) is 1. The maximum atomic E-state index is 11.9. The highest BCUT2D eigenvalue weighted by molar-refractivity contribution is 5.85. The van der Waals surface area contributed by atoms with Gasteiger partial charge in [0.2, 0.25) is 0 Å². The van der Waals surface area contributed by atoms with Gasteiger partial charge in [-0.05, 0) is 49.9 Å². The second-order valence-corrected chi connectivity index (χ2v) is 7.59. The molecular formula is C22H32N4O2. The van der Waals surface area contributed by atoms with Crippen LogP contribution in [-0.4, -0.2) is 37.1 Å². The molecule has 1 aliphatic rings. The molecule has 2 aromatic carbocycles. The molecule has 1 amide bonds. The fraction of sp³-hybridized carbons (Fsp3) is 0.500. The Labute approximate surface area is 167 Å². The van der Waals surface area contributed by atoms with E-state index in [1.54, 1.807) is 0 Å².